The molecule has 2 aromatic heterocycles. The molecule has 3 rings (SSSR count). The Kier molecular flexibility index (Phi) is 3.21. The molecule has 0 aliphatic heterocycles. The number of hydrogen-bond acceptors (Lipinski definition) is 4. The highest BCUT2D eigenvalue weighted by atomic mass is 32.1. The average Bonchev–Trinajstić information content (AvgIpc) is 2.89. The van der Waals surface area contributed by atoms with Crippen molar-refractivity contribution in [1.82, 2.24) is 9.97 Å². The van der Waals surface area contributed by atoms with E-state index in [0.717, 1.165) is 17.1 Å². The van der Waals surface area contributed by atoms with E-state index in [1.807, 2.05) is 18.2 Å². The van der Waals surface area contributed by atoms with Gasteiger partial charge in [-0.15, -0.1) is 11.3 Å². The third-order valence-electron chi connectivity index (χ3n) is 2.92. The molecule has 0 atom stereocenters. The Hall–Kier alpha value is -2.25. The summed E-state index contributed by atoms with van der Waals surface area (Å²) >= 11 is 1.72. The van der Waals surface area contributed by atoms with Crippen molar-refractivity contribution in [2.45, 2.75) is 12.8 Å². The smallest absolute Gasteiger partial charge is 0.129 e. The van der Waals surface area contributed by atoms with E-state index in [2.05, 4.69) is 33.5 Å². The fourth-order valence-corrected chi connectivity index (χ4v) is 2.97. The van der Waals surface area contributed by atoms with Gasteiger partial charge in [-0.2, -0.15) is 5.26 Å². The monoisotopic (exact) mass is 265 g/mol. The lowest BCUT2D eigenvalue weighted by molar-refractivity contribution is 0.887. The maximum atomic E-state index is 8.62. The van der Waals surface area contributed by atoms with Gasteiger partial charge in [-0.3, -0.25) is 0 Å². The number of nitrogens with zero attached hydrogens (tertiary/aromatic N) is 3. The van der Waals surface area contributed by atoms with Gasteiger partial charge in [0.25, 0.3) is 0 Å². The molecule has 0 saturated heterocycles. The Balaban J connectivity index is 2.04. The van der Waals surface area contributed by atoms with E-state index < -0.39 is 0 Å². The second-order valence-corrected chi connectivity index (χ2v) is 5.07. The molecular formula is C15H11N3S. The van der Waals surface area contributed by atoms with Crippen molar-refractivity contribution in [2.75, 3.05) is 0 Å². The van der Waals surface area contributed by atoms with Gasteiger partial charge in [0.05, 0.1) is 11.8 Å². The van der Waals surface area contributed by atoms with Crippen LogP contribution in [0.5, 0.6) is 0 Å². The number of hydrogen-bond donors (Lipinski definition) is 0. The van der Waals surface area contributed by atoms with E-state index in [0.29, 0.717) is 12.8 Å². The summed E-state index contributed by atoms with van der Waals surface area (Å²) in [4.78, 5) is 8.76. The van der Waals surface area contributed by atoms with Gasteiger partial charge >= 0.3 is 0 Å². The average molecular weight is 265 g/mol. The van der Waals surface area contributed by atoms with Gasteiger partial charge in [0.15, 0.2) is 0 Å². The van der Waals surface area contributed by atoms with Crippen molar-refractivity contribution >= 4 is 21.4 Å². The Morgan fingerprint density at radius 1 is 1.21 bits per heavy atom. The van der Waals surface area contributed by atoms with Crippen molar-refractivity contribution in [3.63, 3.8) is 0 Å². The van der Waals surface area contributed by atoms with E-state index in [4.69, 9.17) is 5.26 Å². The van der Waals surface area contributed by atoms with Gasteiger partial charge in [0.1, 0.15) is 5.82 Å². The molecule has 3 nitrogen and oxygen atoms in total. The molecule has 0 N–H and O–H groups in total. The molecule has 92 valence electrons. The maximum absolute atomic E-state index is 8.62. The second-order valence-electron chi connectivity index (χ2n) is 4.16. The normalized spacial score (nSPS) is 10.5. The number of benzene rings is 1. The van der Waals surface area contributed by atoms with Gasteiger partial charge in [0.2, 0.25) is 0 Å². The molecule has 4 heteroatoms. The minimum Gasteiger partial charge on any atom is -0.241 e. The lowest BCUT2D eigenvalue weighted by Gasteiger charge is -2.01. The van der Waals surface area contributed by atoms with Gasteiger partial charge < -0.3 is 0 Å². The topological polar surface area (TPSA) is 49.6 Å². The van der Waals surface area contributed by atoms with E-state index >= 15 is 0 Å². The lowest BCUT2D eigenvalue weighted by atomic mass is 10.1. The lowest BCUT2D eigenvalue weighted by Crippen LogP contribution is -1.95. The molecular weight excluding hydrogens is 254 g/mol. The first-order valence-electron chi connectivity index (χ1n) is 6.04. The zero-order valence-electron chi connectivity index (χ0n) is 10.2. The van der Waals surface area contributed by atoms with Crippen LogP contribution in [-0.4, -0.2) is 9.97 Å². The van der Waals surface area contributed by atoms with Crippen LogP contribution in [0.25, 0.3) is 21.3 Å². The molecule has 3 aromatic rings. The Morgan fingerprint density at radius 3 is 3.00 bits per heavy atom. The van der Waals surface area contributed by atoms with Gasteiger partial charge in [0, 0.05) is 40.1 Å². The summed E-state index contributed by atoms with van der Waals surface area (Å²) in [6.07, 6.45) is 2.82. The molecule has 0 aliphatic carbocycles. The molecule has 2 heterocycles. The van der Waals surface area contributed by atoms with E-state index in [9.17, 15) is 0 Å². The highest BCUT2D eigenvalue weighted by Gasteiger charge is 2.08. The Bertz CT molecular complexity index is 755. The van der Waals surface area contributed by atoms with Gasteiger partial charge in [-0.25, -0.2) is 9.97 Å². The fraction of sp³-hybridized carbons (Fsp3) is 0.133. The summed E-state index contributed by atoms with van der Waals surface area (Å²) in [7, 11) is 0. The number of thiophene rings is 1. The zero-order chi connectivity index (χ0) is 13.1. The van der Waals surface area contributed by atoms with E-state index in [1.165, 1.54) is 10.1 Å². The summed E-state index contributed by atoms with van der Waals surface area (Å²) in [5.74, 6) is 0.731. The van der Waals surface area contributed by atoms with Crippen LogP contribution in [0.15, 0.2) is 41.9 Å². The molecule has 0 bridgehead atoms. The van der Waals surface area contributed by atoms with Crippen LogP contribution < -0.4 is 0 Å². The molecule has 0 saturated carbocycles. The van der Waals surface area contributed by atoms with Crippen molar-refractivity contribution in [2.24, 2.45) is 0 Å². The largest absolute Gasteiger partial charge is 0.241 e. The number of aromatic nitrogens is 2. The minimum absolute atomic E-state index is 0.452. The van der Waals surface area contributed by atoms with Crippen LogP contribution in [0.2, 0.25) is 0 Å². The predicted octanol–water partition coefficient (Wildman–Crippen LogP) is 3.81. The fourth-order valence-electron chi connectivity index (χ4n) is 2.01. The molecule has 0 unspecified atom stereocenters. The molecule has 0 amide bonds. The van der Waals surface area contributed by atoms with Gasteiger partial charge in [-0.1, -0.05) is 18.2 Å². The van der Waals surface area contributed by atoms with Crippen molar-refractivity contribution in [1.29, 1.82) is 5.26 Å². The first kappa shape index (κ1) is 11.8. The van der Waals surface area contributed by atoms with Crippen LogP contribution in [0, 0.1) is 11.3 Å². The maximum Gasteiger partial charge on any atom is 0.129 e. The quantitative estimate of drug-likeness (QED) is 0.723. The molecule has 0 radical (unpaired) electrons. The Morgan fingerprint density at radius 2 is 2.11 bits per heavy atom. The number of fused-ring (bicyclic) bond motifs is 1. The van der Waals surface area contributed by atoms with Crippen LogP contribution in [0.4, 0.5) is 0 Å². The summed E-state index contributed by atoms with van der Waals surface area (Å²) in [5, 5.41) is 12.0. The zero-order valence-corrected chi connectivity index (χ0v) is 11.0. The SMILES string of the molecule is N#CCCc1nccc(-c2csc3ccccc23)n1. The first-order valence-corrected chi connectivity index (χ1v) is 6.92. The summed E-state index contributed by atoms with van der Waals surface area (Å²) in [5.41, 5.74) is 2.07. The molecule has 1 aromatic carbocycles. The number of rotatable bonds is 3. The van der Waals surface area contributed by atoms with Gasteiger partial charge in [-0.05, 0) is 12.1 Å². The summed E-state index contributed by atoms with van der Waals surface area (Å²) < 4.78 is 1.26. The third kappa shape index (κ3) is 2.33. The molecule has 0 aliphatic rings. The predicted molar refractivity (Wildman–Crippen MR) is 76.8 cm³/mol. The summed E-state index contributed by atoms with van der Waals surface area (Å²) in [6.45, 7) is 0. The molecule has 0 fully saturated rings. The van der Waals surface area contributed by atoms with Crippen LogP contribution in [0.3, 0.4) is 0 Å². The number of nitriles is 1. The van der Waals surface area contributed by atoms with Crippen molar-refractivity contribution in [3.05, 3.63) is 47.7 Å². The minimum atomic E-state index is 0.452. The van der Waals surface area contributed by atoms with Crippen molar-refractivity contribution in [3.8, 4) is 17.3 Å². The van der Waals surface area contributed by atoms with Crippen LogP contribution in [0.1, 0.15) is 12.2 Å². The third-order valence-corrected chi connectivity index (χ3v) is 3.89. The first-order chi connectivity index (χ1) is 9.38. The van der Waals surface area contributed by atoms with Crippen molar-refractivity contribution < 1.29 is 0 Å². The van der Waals surface area contributed by atoms with E-state index in [-0.39, 0.29) is 0 Å². The second kappa shape index (κ2) is 5.17. The highest BCUT2D eigenvalue weighted by molar-refractivity contribution is 7.17. The number of aryl methyl sites for hydroxylation is 1. The van der Waals surface area contributed by atoms with Crippen LogP contribution in [-0.2, 0) is 6.42 Å². The Labute approximate surface area is 115 Å². The standard InChI is InChI=1S/C15H11N3S/c16-8-3-6-15-17-9-7-13(18-15)12-10-19-14-5-2-1-4-11(12)14/h1-2,4-5,7,9-10H,3,6H2. The van der Waals surface area contributed by atoms with Crippen LogP contribution >= 0.6 is 11.3 Å². The highest BCUT2D eigenvalue weighted by Crippen LogP contribution is 2.32. The summed E-state index contributed by atoms with van der Waals surface area (Å²) in [6, 6.07) is 12.3. The van der Waals surface area contributed by atoms with E-state index in [1.54, 1.807) is 17.5 Å². The molecule has 19 heavy (non-hydrogen) atoms. The molecule has 0 spiro atoms.